The summed E-state index contributed by atoms with van der Waals surface area (Å²) in [5, 5.41) is 2.70. The van der Waals surface area contributed by atoms with Crippen LogP contribution >= 0.6 is 11.6 Å². The van der Waals surface area contributed by atoms with Gasteiger partial charge in [0.25, 0.3) is 0 Å². The summed E-state index contributed by atoms with van der Waals surface area (Å²) in [6.45, 7) is 5.58. The van der Waals surface area contributed by atoms with Gasteiger partial charge in [0.05, 0.1) is 12.0 Å². The molecule has 0 bridgehead atoms. The van der Waals surface area contributed by atoms with Gasteiger partial charge in [-0.15, -0.1) is 11.6 Å². The van der Waals surface area contributed by atoms with Crippen LogP contribution in [0.2, 0.25) is 0 Å². The van der Waals surface area contributed by atoms with Gasteiger partial charge in [-0.25, -0.2) is 4.79 Å². The van der Waals surface area contributed by atoms with E-state index in [0.29, 0.717) is 5.57 Å². The van der Waals surface area contributed by atoms with Gasteiger partial charge in [-0.1, -0.05) is 36.9 Å². The number of amides is 1. The van der Waals surface area contributed by atoms with Crippen molar-refractivity contribution in [1.29, 1.82) is 0 Å². The highest BCUT2D eigenvalue weighted by Gasteiger charge is 2.45. The quantitative estimate of drug-likeness (QED) is 0.378. The molecule has 1 heterocycles. The van der Waals surface area contributed by atoms with Crippen molar-refractivity contribution >= 4 is 23.7 Å². The fraction of sp³-hybridized carbons (Fsp3) is 0.375. The first kappa shape index (κ1) is 16.4. The zero-order valence-corrected chi connectivity index (χ0v) is 13.0. The van der Waals surface area contributed by atoms with Crippen LogP contribution in [0.25, 0.3) is 0 Å². The van der Waals surface area contributed by atoms with E-state index in [1.54, 1.807) is 6.92 Å². The lowest BCUT2D eigenvalue weighted by molar-refractivity contribution is -0.139. The molecule has 1 amide bonds. The molecule has 118 valence electrons. The fourth-order valence-corrected chi connectivity index (χ4v) is 2.46. The van der Waals surface area contributed by atoms with E-state index in [-0.39, 0.29) is 24.4 Å². The first-order valence-electron chi connectivity index (χ1n) is 6.94. The van der Waals surface area contributed by atoms with E-state index < -0.39 is 18.2 Å². The van der Waals surface area contributed by atoms with Gasteiger partial charge in [0.1, 0.15) is 12.7 Å². The molecule has 1 aliphatic rings. The molecule has 1 aliphatic heterocycles. The third-order valence-electron chi connectivity index (χ3n) is 3.56. The van der Waals surface area contributed by atoms with Gasteiger partial charge in [-0.2, -0.15) is 0 Å². The highest BCUT2D eigenvalue weighted by atomic mass is 35.5. The number of benzene rings is 1. The molecule has 1 aromatic carbocycles. The molecule has 1 fully saturated rings. The topological polar surface area (TPSA) is 64.6 Å². The number of hydrogen-bond acceptors (Lipinski definition) is 4. The van der Waals surface area contributed by atoms with Crippen molar-refractivity contribution in [1.82, 2.24) is 5.32 Å². The molecular formula is C16H18ClNO4. The van der Waals surface area contributed by atoms with E-state index in [9.17, 15) is 9.59 Å². The maximum atomic E-state index is 11.7. The number of β-lactam (4-membered cyclic amide) rings is 1. The molecule has 3 atom stereocenters. The molecular weight excluding hydrogens is 306 g/mol. The van der Waals surface area contributed by atoms with Crippen LogP contribution in [0.3, 0.4) is 0 Å². The van der Waals surface area contributed by atoms with Crippen molar-refractivity contribution in [2.45, 2.75) is 25.7 Å². The molecule has 1 N–H and O–H groups in total. The molecule has 5 nitrogen and oxygen atoms in total. The van der Waals surface area contributed by atoms with E-state index in [0.717, 1.165) is 5.56 Å². The van der Waals surface area contributed by atoms with Crippen LogP contribution in [0.4, 0.5) is 4.79 Å². The van der Waals surface area contributed by atoms with Crippen molar-refractivity contribution in [3.63, 3.8) is 0 Å². The van der Waals surface area contributed by atoms with Gasteiger partial charge >= 0.3 is 6.16 Å². The normalized spacial score (nSPS) is 21.3. The highest BCUT2D eigenvalue weighted by Crippen LogP contribution is 2.27. The third-order valence-corrected chi connectivity index (χ3v) is 3.90. The molecule has 0 radical (unpaired) electrons. The Morgan fingerprint density at radius 2 is 2.09 bits per heavy atom. The Morgan fingerprint density at radius 1 is 1.41 bits per heavy atom. The van der Waals surface area contributed by atoms with Crippen molar-refractivity contribution in [3.8, 4) is 0 Å². The molecule has 0 aromatic heterocycles. The average Bonchev–Trinajstić information content (AvgIpc) is 2.50. The third kappa shape index (κ3) is 3.80. The summed E-state index contributed by atoms with van der Waals surface area (Å²) in [6, 6.07) is 9.01. The second-order valence-electron chi connectivity index (χ2n) is 5.15. The summed E-state index contributed by atoms with van der Waals surface area (Å²) >= 11 is 5.72. The van der Waals surface area contributed by atoms with Crippen LogP contribution in [-0.2, 0) is 20.9 Å². The minimum absolute atomic E-state index is 0.126. The van der Waals surface area contributed by atoms with Gasteiger partial charge < -0.3 is 14.8 Å². The number of halogens is 1. The molecule has 6 heteroatoms. The van der Waals surface area contributed by atoms with Crippen molar-refractivity contribution in [3.05, 3.63) is 48.0 Å². The molecule has 22 heavy (non-hydrogen) atoms. The summed E-state index contributed by atoms with van der Waals surface area (Å²) in [5.74, 6) is -0.415. The zero-order chi connectivity index (χ0) is 16.1. The Morgan fingerprint density at radius 3 is 2.68 bits per heavy atom. The lowest BCUT2D eigenvalue weighted by Crippen LogP contribution is -2.63. The Hall–Kier alpha value is -2.01. The molecule has 1 aromatic rings. The predicted molar refractivity (Wildman–Crippen MR) is 82.5 cm³/mol. The van der Waals surface area contributed by atoms with Crippen molar-refractivity contribution < 1.29 is 19.1 Å². The highest BCUT2D eigenvalue weighted by molar-refractivity contribution is 6.19. The summed E-state index contributed by atoms with van der Waals surface area (Å²) in [5.41, 5.74) is 1.56. The van der Waals surface area contributed by atoms with Crippen LogP contribution in [-0.4, -0.2) is 30.1 Å². The SMILES string of the molecule is C=C(CCl)[C@H]1NC(=O)[C@@H]1C(C)OC(=O)OCc1ccccc1. The summed E-state index contributed by atoms with van der Waals surface area (Å²) in [7, 11) is 0. The van der Waals surface area contributed by atoms with E-state index in [1.165, 1.54) is 0 Å². The smallest absolute Gasteiger partial charge is 0.430 e. The first-order chi connectivity index (χ1) is 10.5. The number of carbonyl (C=O) groups excluding carboxylic acids is 2. The van der Waals surface area contributed by atoms with Gasteiger partial charge in [-0.05, 0) is 18.1 Å². The van der Waals surface area contributed by atoms with Crippen LogP contribution < -0.4 is 5.32 Å². The monoisotopic (exact) mass is 323 g/mol. The Kier molecular flexibility index (Phi) is 5.44. The maximum Gasteiger partial charge on any atom is 0.508 e. The van der Waals surface area contributed by atoms with E-state index >= 15 is 0 Å². The number of carbonyl (C=O) groups is 2. The first-order valence-corrected chi connectivity index (χ1v) is 7.47. The van der Waals surface area contributed by atoms with Crippen LogP contribution in [0.1, 0.15) is 12.5 Å². The van der Waals surface area contributed by atoms with Gasteiger partial charge in [0.2, 0.25) is 5.91 Å². The minimum atomic E-state index is -0.800. The Bertz CT molecular complexity index is 561. The number of rotatable bonds is 6. The summed E-state index contributed by atoms with van der Waals surface area (Å²) in [6.07, 6.45) is -1.41. The number of ether oxygens (including phenoxy) is 2. The maximum absolute atomic E-state index is 11.7. The molecule has 0 spiro atoms. The van der Waals surface area contributed by atoms with Gasteiger partial charge in [0, 0.05) is 5.88 Å². The minimum Gasteiger partial charge on any atom is -0.430 e. The second-order valence-corrected chi connectivity index (χ2v) is 5.42. The van der Waals surface area contributed by atoms with Crippen LogP contribution in [0.15, 0.2) is 42.5 Å². The number of hydrogen-bond donors (Lipinski definition) is 1. The molecule has 1 unspecified atom stereocenters. The molecule has 1 saturated heterocycles. The van der Waals surface area contributed by atoms with Gasteiger partial charge in [0.15, 0.2) is 0 Å². The van der Waals surface area contributed by atoms with Crippen molar-refractivity contribution in [2.24, 2.45) is 5.92 Å². The Labute approximate surface area is 134 Å². The molecule has 0 aliphatic carbocycles. The predicted octanol–water partition coefficient (Wildman–Crippen LogP) is 2.64. The Balaban J connectivity index is 1.83. The van der Waals surface area contributed by atoms with Crippen molar-refractivity contribution in [2.75, 3.05) is 5.88 Å². The summed E-state index contributed by atoms with van der Waals surface area (Å²) in [4.78, 5) is 23.3. The fourth-order valence-electron chi connectivity index (χ4n) is 2.29. The number of nitrogens with one attached hydrogen (secondary N) is 1. The lowest BCUT2D eigenvalue weighted by Gasteiger charge is -2.40. The average molecular weight is 324 g/mol. The number of alkyl halides is 1. The van der Waals surface area contributed by atoms with Gasteiger partial charge in [-0.3, -0.25) is 4.79 Å². The van der Waals surface area contributed by atoms with E-state index in [2.05, 4.69) is 11.9 Å². The lowest BCUT2D eigenvalue weighted by atomic mass is 9.82. The standard InChI is InChI=1S/C16H18ClNO4/c1-10(8-17)14-13(15(19)18-14)11(2)22-16(20)21-9-12-6-4-3-5-7-12/h3-7,11,13-14H,1,8-9H2,2H3,(H,18,19)/t11?,13-,14-/m1/s1. The van der Waals surface area contributed by atoms with Crippen LogP contribution in [0, 0.1) is 5.92 Å². The van der Waals surface area contributed by atoms with E-state index in [4.69, 9.17) is 21.1 Å². The molecule has 2 rings (SSSR count). The second kappa shape index (κ2) is 7.31. The largest absolute Gasteiger partial charge is 0.508 e. The summed E-state index contributed by atoms with van der Waals surface area (Å²) < 4.78 is 10.2. The molecule has 0 saturated carbocycles. The van der Waals surface area contributed by atoms with Crippen LogP contribution in [0.5, 0.6) is 0 Å². The van der Waals surface area contributed by atoms with E-state index in [1.807, 2.05) is 30.3 Å². The zero-order valence-electron chi connectivity index (χ0n) is 12.3.